The first-order valence-electron chi connectivity index (χ1n) is 6.20. The van der Waals surface area contributed by atoms with Crippen LogP contribution in [0.2, 0.25) is 0 Å². The number of hydrazine groups is 1. The van der Waals surface area contributed by atoms with Gasteiger partial charge in [0.25, 0.3) is 5.91 Å². The molecule has 0 atom stereocenters. The molecule has 1 aliphatic heterocycles. The highest BCUT2D eigenvalue weighted by molar-refractivity contribution is 5.93. The predicted octanol–water partition coefficient (Wildman–Crippen LogP) is -0.420. The van der Waals surface area contributed by atoms with Crippen molar-refractivity contribution in [3.63, 3.8) is 0 Å². The monoisotopic (exact) mass is 266 g/mol. The van der Waals surface area contributed by atoms with Gasteiger partial charge in [-0.05, 0) is 32.0 Å². The van der Waals surface area contributed by atoms with E-state index in [4.69, 9.17) is 16.0 Å². The smallest absolute Gasteiger partial charge is 0.268 e. The summed E-state index contributed by atoms with van der Waals surface area (Å²) < 4.78 is 5.31. The zero-order valence-corrected chi connectivity index (χ0v) is 10.6. The molecule has 2 rings (SSSR count). The van der Waals surface area contributed by atoms with Crippen LogP contribution in [0.3, 0.4) is 0 Å². The maximum absolute atomic E-state index is 11.3. The number of carbonyl (C=O) groups is 2. The number of hydrogen-bond acceptors (Lipinski definition) is 5. The van der Waals surface area contributed by atoms with Crippen LogP contribution in [-0.4, -0.2) is 29.8 Å². The van der Waals surface area contributed by atoms with E-state index in [1.54, 1.807) is 6.07 Å². The van der Waals surface area contributed by atoms with Crippen molar-refractivity contribution in [3.8, 4) is 0 Å². The van der Waals surface area contributed by atoms with Crippen LogP contribution in [0, 0.1) is 5.92 Å². The second kappa shape index (κ2) is 5.85. The highest BCUT2D eigenvalue weighted by Crippen LogP contribution is 2.19. The number of furan rings is 1. The van der Waals surface area contributed by atoms with Crippen molar-refractivity contribution in [2.24, 2.45) is 17.5 Å². The number of nitrogens with zero attached hydrogens (tertiary/aromatic N) is 1. The maximum atomic E-state index is 11.3. The van der Waals surface area contributed by atoms with Gasteiger partial charge >= 0.3 is 0 Å². The topological polar surface area (TPSA) is 115 Å². The quantitative estimate of drug-likeness (QED) is 0.389. The minimum absolute atomic E-state index is 0.0218. The number of nitrogens with one attached hydrogen (secondary N) is 1. The average molecular weight is 266 g/mol. The number of amides is 2. The van der Waals surface area contributed by atoms with Crippen molar-refractivity contribution < 1.29 is 14.0 Å². The van der Waals surface area contributed by atoms with Gasteiger partial charge in [-0.2, -0.15) is 0 Å². The second-order valence-corrected chi connectivity index (χ2v) is 4.73. The highest BCUT2D eigenvalue weighted by Gasteiger charge is 2.23. The van der Waals surface area contributed by atoms with Gasteiger partial charge < -0.3 is 10.2 Å². The Morgan fingerprint density at radius 1 is 1.42 bits per heavy atom. The van der Waals surface area contributed by atoms with Crippen molar-refractivity contribution in [1.82, 2.24) is 10.3 Å². The van der Waals surface area contributed by atoms with Gasteiger partial charge in [-0.1, -0.05) is 0 Å². The van der Waals surface area contributed by atoms with E-state index in [-0.39, 0.29) is 17.7 Å². The lowest BCUT2D eigenvalue weighted by molar-refractivity contribution is -0.123. The van der Waals surface area contributed by atoms with Crippen LogP contribution in [0.15, 0.2) is 16.7 Å². The number of piperidine rings is 1. The fourth-order valence-electron chi connectivity index (χ4n) is 2.26. The van der Waals surface area contributed by atoms with Gasteiger partial charge in [0.05, 0.1) is 12.1 Å². The van der Waals surface area contributed by atoms with E-state index in [1.165, 1.54) is 6.26 Å². The summed E-state index contributed by atoms with van der Waals surface area (Å²) in [6.45, 7) is 2.21. The molecule has 2 heterocycles. The van der Waals surface area contributed by atoms with Gasteiger partial charge in [0.1, 0.15) is 12.0 Å². The Labute approximate surface area is 110 Å². The summed E-state index contributed by atoms with van der Waals surface area (Å²) in [5.41, 5.74) is 7.74. The lowest BCUT2D eigenvalue weighted by Gasteiger charge is -2.29. The number of carbonyl (C=O) groups excluding carboxylic acids is 2. The molecule has 104 valence electrons. The summed E-state index contributed by atoms with van der Waals surface area (Å²) in [5, 5.41) is 0. The zero-order valence-electron chi connectivity index (χ0n) is 10.6. The first-order valence-corrected chi connectivity index (χ1v) is 6.20. The SMILES string of the molecule is NNC(=O)c1coc(CN2CCC(C(N)=O)CC2)c1. The molecular weight excluding hydrogens is 248 g/mol. The molecule has 0 radical (unpaired) electrons. The zero-order chi connectivity index (χ0) is 13.8. The third-order valence-corrected chi connectivity index (χ3v) is 3.42. The second-order valence-electron chi connectivity index (χ2n) is 4.73. The summed E-state index contributed by atoms with van der Waals surface area (Å²) >= 11 is 0. The molecule has 0 bridgehead atoms. The third kappa shape index (κ3) is 3.33. The Kier molecular flexibility index (Phi) is 4.18. The molecule has 7 heteroatoms. The number of primary amides is 1. The van der Waals surface area contributed by atoms with Crippen molar-refractivity contribution in [2.45, 2.75) is 19.4 Å². The summed E-state index contributed by atoms with van der Waals surface area (Å²) in [6, 6.07) is 1.67. The molecule has 5 N–H and O–H groups in total. The molecule has 0 aromatic carbocycles. The largest absolute Gasteiger partial charge is 0.467 e. The van der Waals surface area contributed by atoms with Crippen LogP contribution in [-0.2, 0) is 11.3 Å². The van der Waals surface area contributed by atoms with Gasteiger partial charge in [0.15, 0.2) is 0 Å². The Morgan fingerprint density at radius 3 is 2.68 bits per heavy atom. The Hall–Kier alpha value is -1.86. The van der Waals surface area contributed by atoms with E-state index < -0.39 is 0 Å². The Morgan fingerprint density at radius 2 is 2.11 bits per heavy atom. The van der Waals surface area contributed by atoms with Gasteiger partial charge in [-0.25, -0.2) is 5.84 Å². The molecule has 0 aliphatic carbocycles. The molecule has 7 nitrogen and oxygen atoms in total. The highest BCUT2D eigenvalue weighted by atomic mass is 16.3. The summed E-state index contributed by atoms with van der Waals surface area (Å²) in [5.74, 6) is 5.13. The fourth-order valence-corrected chi connectivity index (χ4v) is 2.26. The number of hydrogen-bond donors (Lipinski definition) is 3. The average Bonchev–Trinajstić information content (AvgIpc) is 2.87. The van der Waals surface area contributed by atoms with E-state index in [2.05, 4.69) is 10.3 Å². The van der Waals surface area contributed by atoms with E-state index in [0.29, 0.717) is 17.9 Å². The van der Waals surface area contributed by atoms with Crippen molar-refractivity contribution in [2.75, 3.05) is 13.1 Å². The molecule has 1 fully saturated rings. The maximum Gasteiger partial charge on any atom is 0.268 e. The number of likely N-dealkylation sites (tertiary alicyclic amines) is 1. The van der Waals surface area contributed by atoms with Gasteiger partial charge in [0.2, 0.25) is 5.91 Å². The van der Waals surface area contributed by atoms with Crippen molar-refractivity contribution >= 4 is 11.8 Å². The summed E-state index contributed by atoms with van der Waals surface area (Å²) in [6.07, 6.45) is 2.92. The molecule has 1 aliphatic rings. The fraction of sp³-hybridized carbons (Fsp3) is 0.500. The normalized spacial score (nSPS) is 17.3. The standard InChI is InChI=1S/C12H18N4O3/c13-11(17)8-1-3-16(4-2-8)6-10-5-9(7-19-10)12(18)15-14/h5,7-8H,1-4,6,14H2,(H2,13,17)(H,15,18). The van der Waals surface area contributed by atoms with Crippen LogP contribution >= 0.6 is 0 Å². The Balaban J connectivity index is 1.87. The molecule has 19 heavy (non-hydrogen) atoms. The number of nitrogen functional groups attached to an aromatic ring is 1. The molecule has 0 spiro atoms. The first-order chi connectivity index (χ1) is 9.10. The lowest BCUT2D eigenvalue weighted by Crippen LogP contribution is -2.38. The van der Waals surface area contributed by atoms with Gasteiger partial charge in [-0.3, -0.25) is 19.9 Å². The van der Waals surface area contributed by atoms with E-state index in [9.17, 15) is 9.59 Å². The van der Waals surface area contributed by atoms with Crippen molar-refractivity contribution in [3.05, 3.63) is 23.7 Å². The van der Waals surface area contributed by atoms with Crippen LogP contribution < -0.4 is 17.0 Å². The molecule has 1 aromatic rings. The lowest BCUT2D eigenvalue weighted by atomic mass is 9.96. The predicted molar refractivity (Wildman–Crippen MR) is 67.6 cm³/mol. The minimum Gasteiger partial charge on any atom is -0.467 e. The molecular formula is C12H18N4O3. The van der Waals surface area contributed by atoms with Crippen LogP contribution in [0.4, 0.5) is 0 Å². The van der Waals surface area contributed by atoms with E-state index >= 15 is 0 Å². The molecule has 0 unspecified atom stereocenters. The molecule has 1 aromatic heterocycles. The Bertz CT molecular complexity index is 463. The third-order valence-electron chi connectivity index (χ3n) is 3.42. The van der Waals surface area contributed by atoms with Crippen LogP contribution in [0.25, 0.3) is 0 Å². The van der Waals surface area contributed by atoms with E-state index in [1.807, 2.05) is 0 Å². The van der Waals surface area contributed by atoms with Crippen LogP contribution in [0.1, 0.15) is 29.0 Å². The van der Waals surface area contributed by atoms with Gasteiger partial charge in [-0.15, -0.1) is 0 Å². The summed E-state index contributed by atoms with van der Waals surface area (Å²) in [4.78, 5) is 24.5. The van der Waals surface area contributed by atoms with Crippen LogP contribution in [0.5, 0.6) is 0 Å². The van der Waals surface area contributed by atoms with Crippen molar-refractivity contribution in [1.29, 1.82) is 0 Å². The molecule has 1 saturated heterocycles. The van der Waals surface area contributed by atoms with E-state index in [0.717, 1.165) is 25.9 Å². The minimum atomic E-state index is -0.373. The molecule has 2 amide bonds. The van der Waals surface area contributed by atoms with Gasteiger partial charge in [0, 0.05) is 5.92 Å². The number of nitrogens with two attached hydrogens (primary N) is 2. The molecule has 0 saturated carbocycles. The number of rotatable bonds is 4. The first kappa shape index (κ1) is 13.6. The summed E-state index contributed by atoms with van der Waals surface area (Å²) in [7, 11) is 0.